The lowest BCUT2D eigenvalue weighted by Gasteiger charge is -2.31. The molecule has 0 bridgehead atoms. The third-order valence-corrected chi connectivity index (χ3v) is 7.62. The Morgan fingerprint density at radius 3 is 2.15 bits per heavy atom. The van der Waals surface area contributed by atoms with Gasteiger partial charge in [-0.25, -0.2) is 19.6 Å². The number of hydrogen-bond acceptors (Lipinski definition) is 11. The number of aromatic nitrogens is 1. The van der Waals surface area contributed by atoms with Gasteiger partial charge in [-0.2, -0.15) is 0 Å². The number of guanidine groups is 1. The Morgan fingerprint density at radius 1 is 0.979 bits per heavy atom. The molecular formula is C33H48N6O7S. The fraction of sp³-hybridized carbons (Fsp3) is 0.576. The van der Waals surface area contributed by atoms with Crippen molar-refractivity contribution in [2.75, 3.05) is 25.0 Å². The molecule has 3 rings (SSSR count). The first-order valence-corrected chi connectivity index (χ1v) is 16.6. The number of nitrogens with one attached hydrogen (secondary N) is 3. The molecule has 13 nitrogen and oxygen atoms in total. The van der Waals surface area contributed by atoms with Crippen LogP contribution in [0.1, 0.15) is 84.4 Å². The molecular weight excluding hydrogens is 624 g/mol. The van der Waals surface area contributed by atoms with Gasteiger partial charge in [-0.05, 0) is 98.4 Å². The summed E-state index contributed by atoms with van der Waals surface area (Å²) in [6.07, 6.45) is 1.48. The lowest BCUT2D eigenvalue weighted by molar-refractivity contribution is -0.150. The van der Waals surface area contributed by atoms with Crippen LogP contribution in [0, 0.1) is 5.92 Å². The highest BCUT2D eigenvalue weighted by molar-refractivity contribution is 7.15. The van der Waals surface area contributed by atoms with E-state index < -0.39 is 23.4 Å². The Balaban J connectivity index is 1.72. The zero-order valence-corrected chi connectivity index (χ0v) is 29.5. The lowest BCUT2D eigenvalue weighted by atomic mass is 9.98. The van der Waals surface area contributed by atoms with Gasteiger partial charge in [0.25, 0.3) is 0 Å². The molecule has 1 fully saturated rings. The van der Waals surface area contributed by atoms with Crippen molar-refractivity contribution < 1.29 is 33.4 Å². The molecule has 2 heterocycles. The van der Waals surface area contributed by atoms with Gasteiger partial charge in [0.05, 0.1) is 23.9 Å². The van der Waals surface area contributed by atoms with Crippen LogP contribution in [0.3, 0.4) is 0 Å². The summed E-state index contributed by atoms with van der Waals surface area (Å²) in [4.78, 5) is 61.4. The summed E-state index contributed by atoms with van der Waals surface area (Å²) in [5.74, 6) is -0.617. The summed E-state index contributed by atoms with van der Waals surface area (Å²) >= 11 is 1.45. The summed E-state index contributed by atoms with van der Waals surface area (Å²) in [5, 5.41) is 8.32. The van der Waals surface area contributed by atoms with E-state index in [1.165, 1.54) is 18.3 Å². The second kappa shape index (κ2) is 16.7. The van der Waals surface area contributed by atoms with Crippen molar-refractivity contribution in [3.05, 3.63) is 40.4 Å². The molecule has 1 saturated heterocycles. The maximum Gasteiger partial charge on any atom is 0.414 e. The van der Waals surface area contributed by atoms with Crippen molar-refractivity contribution in [2.45, 2.75) is 98.8 Å². The van der Waals surface area contributed by atoms with E-state index in [1.54, 1.807) is 53.7 Å². The molecule has 258 valence electrons. The second-order valence-electron chi connectivity index (χ2n) is 13.3. The van der Waals surface area contributed by atoms with Gasteiger partial charge >= 0.3 is 18.2 Å². The summed E-state index contributed by atoms with van der Waals surface area (Å²) in [7, 11) is 0. The predicted octanol–water partition coefficient (Wildman–Crippen LogP) is 5.70. The monoisotopic (exact) mass is 672 g/mol. The van der Waals surface area contributed by atoms with Gasteiger partial charge in [-0.1, -0.05) is 12.1 Å². The second-order valence-corrected chi connectivity index (χ2v) is 14.4. The van der Waals surface area contributed by atoms with E-state index in [1.807, 2.05) is 19.1 Å². The molecule has 47 heavy (non-hydrogen) atoms. The fourth-order valence-electron chi connectivity index (χ4n) is 4.78. The molecule has 0 radical (unpaired) electrons. The third-order valence-electron chi connectivity index (χ3n) is 6.62. The zero-order chi connectivity index (χ0) is 34.8. The normalized spacial score (nSPS) is 15.3. The topological polar surface area (TPSA) is 161 Å². The van der Waals surface area contributed by atoms with Gasteiger partial charge in [0.15, 0.2) is 5.13 Å². The standard InChI is InChI=1S/C33H48N6O7S/c1-9-44-27(41)23-11-10-18-39(19-23)20-26-25(36-29(47-26)34-21(2)40)17-14-22-12-15-24(16-13-22)35-28(37-30(42)45-32(3,4)5)38-31(43)46-33(6,7)8/h12-13,15-16,23H,9-11,14,17-20H2,1-8H3,(H,34,36,40)(H2,35,37,38,42,43)/t23-/m1/s1. The number of nitrogens with zero attached hydrogens (tertiary/aromatic N) is 3. The minimum Gasteiger partial charge on any atom is -0.466 e. The molecule has 0 spiro atoms. The van der Waals surface area contributed by atoms with Crippen molar-refractivity contribution in [3.8, 4) is 0 Å². The van der Waals surface area contributed by atoms with Crippen LogP contribution in [-0.4, -0.2) is 70.8 Å². The van der Waals surface area contributed by atoms with Crippen LogP contribution in [0.25, 0.3) is 0 Å². The lowest BCUT2D eigenvalue weighted by Crippen LogP contribution is -2.47. The Bertz CT molecular complexity index is 1390. The highest BCUT2D eigenvalue weighted by atomic mass is 32.1. The fourth-order valence-corrected chi connectivity index (χ4v) is 5.87. The summed E-state index contributed by atoms with van der Waals surface area (Å²) in [5.41, 5.74) is 0.901. The number of esters is 1. The average molecular weight is 673 g/mol. The quantitative estimate of drug-likeness (QED) is 0.131. The number of alkyl carbamates (subject to hydrolysis) is 2. The van der Waals surface area contributed by atoms with E-state index in [-0.39, 0.29) is 23.8 Å². The maximum atomic E-state index is 12.4. The number of likely N-dealkylation sites (tertiary alicyclic amines) is 1. The highest BCUT2D eigenvalue weighted by Crippen LogP contribution is 2.28. The van der Waals surface area contributed by atoms with E-state index in [0.717, 1.165) is 35.5 Å². The molecule has 2 aromatic rings. The first-order valence-electron chi connectivity index (χ1n) is 15.8. The molecule has 1 aliphatic heterocycles. The van der Waals surface area contributed by atoms with Crippen LogP contribution >= 0.6 is 11.3 Å². The molecule has 0 unspecified atom stereocenters. The molecule has 1 aromatic heterocycles. The number of aryl methyl sites for hydroxylation is 2. The van der Waals surface area contributed by atoms with E-state index in [0.29, 0.717) is 43.4 Å². The number of ether oxygens (including phenoxy) is 3. The third kappa shape index (κ3) is 13.7. The maximum absolute atomic E-state index is 12.4. The molecule has 0 saturated carbocycles. The Kier molecular flexibility index (Phi) is 13.3. The molecule has 1 atom stereocenters. The SMILES string of the molecule is CCOC(=O)[C@@H]1CCCN(Cc2sc(NC(C)=O)nc2CCc2ccc(N=C(NC(=O)OC(C)(C)C)NC(=O)OC(C)(C)C)cc2)C1. The smallest absolute Gasteiger partial charge is 0.414 e. The number of carbonyl (C=O) groups excluding carboxylic acids is 4. The van der Waals surface area contributed by atoms with Crippen molar-refractivity contribution >= 4 is 52.2 Å². The summed E-state index contributed by atoms with van der Waals surface area (Å²) in [6, 6.07) is 7.37. The molecule has 3 amide bonds. The van der Waals surface area contributed by atoms with E-state index in [4.69, 9.17) is 19.2 Å². The number of carbonyl (C=O) groups is 4. The van der Waals surface area contributed by atoms with Crippen molar-refractivity contribution in [2.24, 2.45) is 10.9 Å². The Morgan fingerprint density at radius 2 is 1.60 bits per heavy atom. The average Bonchev–Trinajstić information content (AvgIpc) is 3.30. The number of piperidine rings is 1. The van der Waals surface area contributed by atoms with Gasteiger partial charge in [0.1, 0.15) is 11.2 Å². The zero-order valence-electron chi connectivity index (χ0n) is 28.7. The van der Waals surface area contributed by atoms with Crippen LogP contribution in [0.5, 0.6) is 0 Å². The van der Waals surface area contributed by atoms with E-state index in [9.17, 15) is 19.2 Å². The molecule has 1 aliphatic rings. The number of thiazole rings is 1. The van der Waals surface area contributed by atoms with E-state index in [2.05, 4.69) is 25.8 Å². The van der Waals surface area contributed by atoms with Gasteiger partial charge in [-0.3, -0.25) is 25.1 Å². The highest BCUT2D eigenvalue weighted by Gasteiger charge is 2.28. The van der Waals surface area contributed by atoms with Gasteiger partial charge in [0.2, 0.25) is 11.9 Å². The van der Waals surface area contributed by atoms with Gasteiger partial charge in [0, 0.05) is 24.9 Å². The van der Waals surface area contributed by atoms with Gasteiger partial charge < -0.3 is 19.5 Å². The minimum absolute atomic E-state index is 0.137. The predicted molar refractivity (Wildman–Crippen MR) is 181 cm³/mol. The Labute approximate surface area is 280 Å². The van der Waals surface area contributed by atoms with Crippen LogP contribution in [0.4, 0.5) is 20.4 Å². The Hall–Kier alpha value is -4.04. The first kappa shape index (κ1) is 37.4. The number of anilines is 1. The molecule has 14 heteroatoms. The largest absolute Gasteiger partial charge is 0.466 e. The van der Waals surface area contributed by atoms with Crippen molar-refractivity contribution in [3.63, 3.8) is 0 Å². The van der Waals surface area contributed by atoms with Crippen LogP contribution < -0.4 is 16.0 Å². The first-order chi connectivity index (χ1) is 22.0. The van der Waals surface area contributed by atoms with Crippen LogP contribution in [-0.2, 0) is 43.2 Å². The van der Waals surface area contributed by atoms with E-state index >= 15 is 0 Å². The number of benzene rings is 1. The van der Waals surface area contributed by atoms with Crippen molar-refractivity contribution in [1.82, 2.24) is 20.5 Å². The minimum atomic E-state index is -0.775. The number of amides is 3. The summed E-state index contributed by atoms with van der Waals surface area (Å²) < 4.78 is 15.9. The van der Waals surface area contributed by atoms with Gasteiger partial charge in [-0.15, -0.1) is 11.3 Å². The molecule has 1 aromatic carbocycles. The number of rotatable bonds is 9. The number of hydrogen-bond donors (Lipinski definition) is 3. The number of aliphatic imine (C=N–C) groups is 1. The molecule has 3 N–H and O–H groups in total. The van der Waals surface area contributed by atoms with Crippen LogP contribution in [0.15, 0.2) is 29.3 Å². The van der Waals surface area contributed by atoms with Crippen LogP contribution in [0.2, 0.25) is 0 Å². The summed E-state index contributed by atoms with van der Waals surface area (Å²) in [6.45, 7) is 16.2. The van der Waals surface area contributed by atoms with Crippen molar-refractivity contribution in [1.29, 1.82) is 0 Å². The molecule has 0 aliphatic carbocycles.